The average molecular weight is 280 g/mol. The van der Waals surface area contributed by atoms with E-state index in [1.54, 1.807) is 12.1 Å². The first-order valence-electron chi connectivity index (χ1n) is 6.33. The van der Waals surface area contributed by atoms with Crippen LogP contribution in [0, 0.1) is 0 Å². The fraction of sp³-hybridized carbons (Fsp3) is 0.357. The molecule has 0 aromatic heterocycles. The van der Waals surface area contributed by atoms with E-state index < -0.39 is 5.97 Å². The maximum atomic E-state index is 10.2. The molecule has 0 atom stereocenters. The smallest absolute Gasteiger partial charge is 0.328 e. The minimum absolute atomic E-state index is 0.0278. The van der Waals surface area contributed by atoms with Crippen LogP contribution in [-0.2, 0) is 4.79 Å². The van der Waals surface area contributed by atoms with E-state index in [9.17, 15) is 9.90 Å². The van der Waals surface area contributed by atoms with Crippen LogP contribution < -0.4 is 15.4 Å². The molecule has 0 saturated carbocycles. The van der Waals surface area contributed by atoms with Crippen LogP contribution in [0.2, 0.25) is 0 Å². The molecule has 0 radical (unpaired) electrons. The average Bonchev–Trinajstić information content (AvgIpc) is 2.49. The van der Waals surface area contributed by atoms with E-state index >= 15 is 0 Å². The highest BCUT2D eigenvalue weighted by Crippen LogP contribution is 2.26. The molecule has 0 aliphatic carbocycles. The van der Waals surface area contributed by atoms with Crippen molar-refractivity contribution < 1.29 is 19.7 Å². The number of piperazine rings is 1. The van der Waals surface area contributed by atoms with Crippen molar-refractivity contribution >= 4 is 12.0 Å². The van der Waals surface area contributed by atoms with Gasteiger partial charge in [-0.1, -0.05) is 6.07 Å². The van der Waals surface area contributed by atoms with Gasteiger partial charge in [0.05, 0.1) is 7.11 Å². The summed E-state index contributed by atoms with van der Waals surface area (Å²) in [6.45, 7) is 4.56. The van der Waals surface area contributed by atoms with Gasteiger partial charge >= 0.3 is 5.97 Å². The van der Waals surface area contributed by atoms with Crippen molar-refractivity contribution in [1.82, 2.24) is 10.6 Å². The van der Waals surface area contributed by atoms with Crippen molar-refractivity contribution in [3.63, 3.8) is 0 Å². The highest BCUT2D eigenvalue weighted by atomic mass is 16.5. The molecule has 1 aromatic carbocycles. The van der Waals surface area contributed by atoms with Crippen molar-refractivity contribution in [2.75, 3.05) is 33.3 Å². The molecule has 20 heavy (non-hydrogen) atoms. The molecule has 1 saturated heterocycles. The molecule has 0 amide bonds. The van der Waals surface area contributed by atoms with Crippen LogP contribution in [0.15, 0.2) is 24.3 Å². The predicted molar refractivity (Wildman–Crippen MR) is 77.1 cm³/mol. The van der Waals surface area contributed by atoms with Crippen LogP contribution in [0.3, 0.4) is 0 Å². The Bertz CT molecular complexity index is 445. The van der Waals surface area contributed by atoms with Gasteiger partial charge in [0, 0.05) is 32.3 Å². The molecule has 1 aliphatic rings. The monoisotopic (exact) mass is 280 g/mol. The van der Waals surface area contributed by atoms with Crippen LogP contribution in [0.5, 0.6) is 11.5 Å². The van der Waals surface area contributed by atoms with Crippen LogP contribution in [0.4, 0.5) is 0 Å². The number of aliphatic carboxylic acids is 1. The number of carboxylic acid groups (broad SMARTS) is 1. The third-order valence-corrected chi connectivity index (χ3v) is 2.58. The Morgan fingerprint density at radius 3 is 2.30 bits per heavy atom. The third-order valence-electron chi connectivity index (χ3n) is 2.58. The highest BCUT2D eigenvalue weighted by molar-refractivity contribution is 5.85. The summed E-state index contributed by atoms with van der Waals surface area (Å²) in [5.74, 6) is -0.672. The van der Waals surface area contributed by atoms with Gasteiger partial charge in [0.2, 0.25) is 0 Å². The lowest BCUT2D eigenvalue weighted by atomic mass is 10.2. The summed E-state index contributed by atoms with van der Waals surface area (Å²) in [6, 6.07) is 4.59. The molecule has 0 spiro atoms. The predicted octanol–water partition coefficient (Wildman–Crippen LogP) is 0.678. The zero-order valence-electron chi connectivity index (χ0n) is 11.4. The largest absolute Gasteiger partial charge is 0.504 e. The van der Waals surface area contributed by atoms with E-state index in [1.807, 2.05) is 0 Å². The Kier molecular flexibility index (Phi) is 7.16. The third kappa shape index (κ3) is 6.21. The van der Waals surface area contributed by atoms with Crippen molar-refractivity contribution in [3.05, 3.63) is 29.8 Å². The molecule has 1 aliphatic heterocycles. The van der Waals surface area contributed by atoms with Crippen molar-refractivity contribution in [2.45, 2.75) is 0 Å². The quantitative estimate of drug-likeness (QED) is 0.609. The number of ether oxygens (including phenoxy) is 1. The number of aromatic hydroxyl groups is 1. The summed E-state index contributed by atoms with van der Waals surface area (Å²) in [4.78, 5) is 10.2. The second kappa shape index (κ2) is 8.95. The lowest BCUT2D eigenvalue weighted by Gasteiger charge is -2.11. The number of hydrogen-bond acceptors (Lipinski definition) is 5. The Hall–Kier alpha value is -2.05. The van der Waals surface area contributed by atoms with Crippen LogP contribution in [0.1, 0.15) is 5.56 Å². The molecule has 1 fully saturated rings. The van der Waals surface area contributed by atoms with Crippen LogP contribution in [-0.4, -0.2) is 49.5 Å². The number of benzene rings is 1. The molecule has 1 aromatic rings. The number of carboxylic acids is 1. The molecule has 0 bridgehead atoms. The molecule has 2 rings (SSSR count). The van der Waals surface area contributed by atoms with Gasteiger partial charge in [0.1, 0.15) is 0 Å². The number of methoxy groups -OCH3 is 1. The number of rotatable bonds is 3. The van der Waals surface area contributed by atoms with Crippen molar-refractivity contribution in [2.24, 2.45) is 0 Å². The Labute approximate surface area is 118 Å². The number of nitrogens with one attached hydrogen (secondary N) is 2. The van der Waals surface area contributed by atoms with E-state index in [0.717, 1.165) is 32.3 Å². The zero-order valence-corrected chi connectivity index (χ0v) is 11.4. The van der Waals surface area contributed by atoms with Gasteiger partial charge in [-0.05, 0) is 23.8 Å². The standard InChI is InChI=1S/C10H10O4.C4H10N2/c1-14-9-6-7(2-4-8(9)11)3-5-10(12)13;1-2-6-4-3-5-1/h2-6,11H,1H3,(H,12,13);5-6H,1-4H2/b5-3+;. The number of hydrogen-bond donors (Lipinski definition) is 4. The van der Waals surface area contributed by atoms with Gasteiger partial charge in [0.25, 0.3) is 0 Å². The Balaban J connectivity index is 0.000000276. The molecular formula is C14H20N2O4. The SMILES string of the molecule is C1CNCCN1.COc1cc(/C=C/C(=O)O)ccc1O. The summed E-state index contributed by atoms with van der Waals surface area (Å²) in [6.07, 6.45) is 2.44. The lowest BCUT2D eigenvalue weighted by Crippen LogP contribution is -2.39. The first kappa shape index (κ1) is 16.0. The summed E-state index contributed by atoms with van der Waals surface area (Å²) in [5, 5.41) is 24.1. The minimum atomic E-state index is -1.02. The summed E-state index contributed by atoms with van der Waals surface area (Å²) >= 11 is 0. The van der Waals surface area contributed by atoms with E-state index in [1.165, 1.54) is 19.3 Å². The summed E-state index contributed by atoms with van der Waals surface area (Å²) in [5.41, 5.74) is 0.655. The normalized spacial score (nSPS) is 14.4. The topological polar surface area (TPSA) is 90.8 Å². The van der Waals surface area contributed by atoms with E-state index in [2.05, 4.69) is 10.6 Å². The van der Waals surface area contributed by atoms with Gasteiger partial charge in [-0.25, -0.2) is 4.79 Å². The Morgan fingerprint density at radius 1 is 1.25 bits per heavy atom. The van der Waals surface area contributed by atoms with Crippen LogP contribution in [0.25, 0.3) is 6.08 Å². The van der Waals surface area contributed by atoms with E-state index in [0.29, 0.717) is 11.3 Å². The second-order valence-corrected chi connectivity index (χ2v) is 4.10. The maximum Gasteiger partial charge on any atom is 0.328 e. The fourth-order valence-corrected chi connectivity index (χ4v) is 1.57. The molecule has 1 heterocycles. The molecule has 6 heteroatoms. The Morgan fingerprint density at radius 2 is 1.85 bits per heavy atom. The summed E-state index contributed by atoms with van der Waals surface area (Å²) in [7, 11) is 1.43. The number of carbonyl (C=O) groups is 1. The highest BCUT2D eigenvalue weighted by Gasteiger charge is 2.00. The number of phenolic OH excluding ortho intramolecular Hbond substituents is 1. The molecule has 110 valence electrons. The van der Waals surface area contributed by atoms with Crippen LogP contribution >= 0.6 is 0 Å². The zero-order chi connectivity index (χ0) is 14.8. The van der Waals surface area contributed by atoms with Gasteiger partial charge in [-0.3, -0.25) is 0 Å². The maximum absolute atomic E-state index is 10.2. The van der Waals surface area contributed by atoms with Crippen molar-refractivity contribution in [3.8, 4) is 11.5 Å². The second-order valence-electron chi connectivity index (χ2n) is 4.10. The number of phenols is 1. The molecular weight excluding hydrogens is 260 g/mol. The van der Waals surface area contributed by atoms with Gasteiger partial charge in [-0.2, -0.15) is 0 Å². The molecule has 4 N–H and O–H groups in total. The van der Waals surface area contributed by atoms with E-state index in [4.69, 9.17) is 9.84 Å². The first-order chi connectivity index (χ1) is 9.63. The minimum Gasteiger partial charge on any atom is -0.504 e. The fourth-order valence-electron chi connectivity index (χ4n) is 1.57. The first-order valence-corrected chi connectivity index (χ1v) is 6.33. The van der Waals surface area contributed by atoms with Crippen molar-refractivity contribution in [1.29, 1.82) is 0 Å². The lowest BCUT2D eigenvalue weighted by molar-refractivity contribution is -0.131. The molecule has 0 unspecified atom stereocenters. The van der Waals surface area contributed by atoms with Gasteiger partial charge in [0.15, 0.2) is 11.5 Å². The molecule has 6 nitrogen and oxygen atoms in total. The van der Waals surface area contributed by atoms with Gasteiger partial charge < -0.3 is 25.6 Å². The summed E-state index contributed by atoms with van der Waals surface area (Å²) < 4.78 is 4.86. The van der Waals surface area contributed by atoms with Gasteiger partial charge in [-0.15, -0.1) is 0 Å². The van der Waals surface area contributed by atoms with E-state index in [-0.39, 0.29) is 5.75 Å².